The lowest BCUT2D eigenvalue weighted by Crippen LogP contribution is -2.65. The van der Waals surface area contributed by atoms with Crippen molar-refractivity contribution in [3.63, 3.8) is 0 Å². The molecule has 0 N–H and O–H groups in total. The van der Waals surface area contributed by atoms with E-state index in [1.54, 1.807) is 6.92 Å². The molecule has 0 aromatic heterocycles. The zero-order valence-corrected chi connectivity index (χ0v) is 25.3. The van der Waals surface area contributed by atoms with Crippen molar-refractivity contribution >= 4 is 28.4 Å². The molecule has 1 aliphatic heterocycles. The molecule has 1 saturated heterocycles. The summed E-state index contributed by atoms with van der Waals surface area (Å²) in [6, 6.07) is 0. The second-order valence-electron chi connectivity index (χ2n) is 12.4. The van der Waals surface area contributed by atoms with Crippen LogP contribution in [0.5, 0.6) is 0 Å². The molecule has 0 aliphatic carbocycles. The molecule has 0 saturated carbocycles. The Morgan fingerprint density at radius 2 is 1.27 bits per heavy atom. The molecule has 1 heterocycles. The van der Waals surface area contributed by atoms with Gasteiger partial charge in [-0.25, -0.2) is 0 Å². The van der Waals surface area contributed by atoms with Gasteiger partial charge in [0.15, 0.2) is 29.0 Å². The van der Waals surface area contributed by atoms with Gasteiger partial charge in [-0.3, -0.25) is 9.59 Å². The predicted molar refractivity (Wildman–Crippen MR) is 135 cm³/mol. The molecular formula is C24H48O7Si2. The molecule has 0 radical (unpaired) electrons. The number of ketones is 1. The average Bonchev–Trinajstić information content (AvgIpc) is 2.63. The molecule has 33 heavy (non-hydrogen) atoms. The van der Waals surface area contributed by atoms with Crippen LogP contribution in [0.1, 0.15) is 62.3 Å². The lowest BCUT2D eigenvalue weighted by molar-refractivity contribution is -0.285. The Labute approximate surface area is 203 Å². The molecule has 0 spiro atoms. The molecule has 1 aliphatic rings. The lowest BCUT2D eigenvalue weighted by atomic mass is 9.99. The first kappa shape index (κ1) is 30.4. The van der Waals surface area contributed by atoms with Crippen LogP contribution in [0.2, 0.25) is 36.3 Å². The second-order valence-corrected chi connectivity index (χ2v) is 21.9. The number of methoxy groups -OCH3 is 1. The van der Waals surface area contributed by atoms with Crippen molar-refractivity contribution in [2.45, 2.75) is 129 Å². The zero-order chi connectivity index (χ0) is 26.2. The normalized spacial score (nSPS) is 28.4. The van der Waals surface area contributed by atoms with Crippen molar-refractivity contribution in [3.05, 3.63) is 0 Å². The number of Topliss-reactive ketones (excluding diaryl/α,β-unsaturated/α-hetero) is 1. The number of rotatable bonds is 8. The van der Waals surface area contributed by atoms with Crippen LogP contribution in [0.15, 0.2) is 0 Å². The van der Waals surface area contributed by atoms with Crippen LogP contribution in [-0.2, 0) is 32.7 Å². The molecule has 1 fully saturated rings. The van der Waals surface area contributed by atoms with Gasteiger partial charge in [-0.1, -0.05) is 41.5 Å². The Bertz CT molecular complexity index is 694. The van der Waals surface area contributed by atoms with Gasteiger partial charge in [0.25, 0.3) is 0 Å². The second kappa shape index (κ2) is 10.6. The van der Waals surface area contributed by atoms with Gasteiger partial charge in [0.1, 0.15) is 17.8 Å². The number of hydrogen-bond donors (Lipinski definition) is 0. The van der Waals surface area contributed by atoms with E-state index in [9.17, 15) is 9.59 Å². The molecule has 9 heteroatoms. The summed E-state index contributed by atoms with van der Waals surface area (Å²) in [6.07, 6.45) is -3.05. The average molecular weight is 505 g/mol. The molecule has 194 valence electrons. The van der Waals surface area contributed by atoms with Crippen molar-refractivity contribution < 1.29 is 32.7 Å². The van der Waals surface area contributed by atoms with Crippen molar-refractivity contribution in [1.29, 1.82) is 0 Å². The van der Waals surface area contributed by atoms with E-state index in [1.807, 2.05) is 6.92 Å². The first-order valence-corrected chi connectivity index (χ1v) is 17.7. The van der Waals surface area contributed by atoms with Crippen molar-refractivity contribution in [3.8, 4) is 0 Å². The summed E-state index contributed by atoms with van der Waals surface area (Å²) in [6.45, 7) is 26.6. The minimum atomic E-state index is -2.30. The monoisotopic (exact) mass is 504 g/mol. The molecule has 0 bridgehead atoms. The fourth-order valence-corrected chi connectivity index (χ4v) is 5.68. The molecule has 0 aromatic carbocycles. The van der Waals surface area contributed by atoms with E-state index in [-0.39, 0.29) is 22.0 Å². The van der Waals surface area contributed by atoms with E-state index >= 15 is 0 Å². The minimum absolute atomic E-state index is 0.0261. The third-order valence-electron chi connectivity index (χ3n) is 7.65. The molecular weight excluding hydrogens is 456 g/mol. The van der Waals surface area contributed by atoms with E-state index < -0.39 is 53.1 Å². The highest BCUT2D eigenvalue weighted by atomic mass is 28.4. The van der Waals surface area contributed by atoms with Gasteiger partial charge in [-0.15, -0.1) is 0 Å². The van der Waals surface area contributed by atoms with Crippen LogP contribution in [0.25, 0.3) is 0 Å². The summed E-state index contributed by atoms with van der Waals surface area (Å²) >= 11 is 0. The fourth-order valence-electron chi connectivity index (χ4n) is 3.02. The standard InChI is InChI=1S/C24H48O7Si2/c1-15(16(2)25)21(26)29-20-19(31-33(13,14)24(7,8)9)18(17(3)28-22(20)27-10)30-32(11,12)23(4,5)6/h15,17-20,22H,1-14H3/t15?,17-,18-,19+,20-,22+/m1/s1. The summed E-state index contributed by atoms with van der Waals surface area (Å²) in [4.78, 5) is 24.7. The number of hydrogen-bond acceptors (Lipinski definition) is 7. The van der Waals surface area contributed by atoms with Gasteiger partial charge >= 0.3 is 5.97 Å². The van der Waals surface area contributed by atoms with Gasteiger partial charge < -0.3 is 23.1 Å². The van der Waals surface area contributed by atoms with E-state index in [1.165, 1.54) is 14.0 Å². The highest BCUT2D eigenvalue weighted by Gasteiger charge is 2.54. The molecule has 1 unspecified atom stereocenters. The fraction of sp³-hybridized carbons (Fsp3) is 0.917. The Morgan fingerprint density at radius 1 is 0.848 bits per heavy atom. The Morgan fingerprint density at radius 3 is 1.64 bits per heavy atom. The van der Waals surface area contributed by atoms with Crippen LogP contribution in [0.4, 0.5) is 0 Å². The van der Waals surface area contributed by atoms with E-state index in [0.717, 1.165) is 0 Å². The number of esters is 1. The highest BCUT2D eigenvalue weighted by Crippen LogP contribution is 2.43. The zero-order valence-electron chi connectivity index (χ0n) is 23.3. The van der Waals surface area contributed by atoms with Gasteiger partial charge in [0.2, 0.25) is 0 Å². The largest absolute Gasteiger partial charge is 0.454 e. The van der Waals surface area contributed by atoms with Crippen molar-refractivity contribution in [2.75, 3.05) is 7.11 Å². The maximum absolute atomic E-state index is 12.8. The van der Waals surface area contributed by atoms with E-state index in [0.29, 0.717) is 0 Å². The van der Waals surface area contributed by atoms with Gasteiger partial charge in [-0.2, -0.15) is 0 Å². The number of carbonyl (C=O) groups is 2. The topological polar surface area (TPSA) is 80.3 Å². The summed E-state index contributed by atoms with van der Waals surface area (Å²) in [5.41, 5.74) is 0. The summed E-state index contributed by atoms with van der Waals surface area (Å²) in [5.74, 6) is -1.74. The van der Waals surface area contributed by atoms with Crippen molar-refractivity contribution in [1.82, 2.24) is 0 Å². The highest BCUT2D eigenvalue weighted by molar-refractivity contribution is 6.74. The lowest BCUT2D eigenvalue weighted by Gasteiger charge is -2.51. The molecule has 6 atom stereocenters. The Balaban J connectivity index is 3.51. The van der Waals surface area contributed by atoms with Crippen LogP contribution in [0.3, 0.4) is 0 Å². The number of carbonyl (C=O) groups excluding carboxylic acids is 2. The van der Waals surface area contributed by atoms with Gasteiger partial charge in [0, 0.05) is 7.11 Å². The third-order valence-corrected chi connectivity index (χ3v) is 16.6. The molecule has 0 amide bonds. The predicted octanol–water partition coefficient (Wildman–Crippen LogP) is 5.30. The first-order valence-electron chi connectivity index (χ1n) is 11.9. The van der Waals surface area contributed by atoms with Crippen LogP contribution < -0.4 is 0 Å². The first-order chi connectivity index (χ1) is 14.7. The maximum Gasteiger partial charge on any atom is 0.316 e. The SMILES string of the molecule is CO[C@H]1O[C@H](C)[C@@H](O[Si](C)(C)C(C)(C)C)[C@H](O[Si](C)(C)C(C)(C)C)[C@H]1OC(=O)C(C)C(C)=O. The smallest absolute Gasteiger partial charge is 0.316 e. The van der Waals surface area contributed by atoms with E-state index in [2.05, 4.69) is 67.7 Å². The summed E-state index contributed by atoms with van der Waals surface area (Å²) < 4.78 is 31.3. The van der Waals surface area contributed by atoms with Gasteiger partial charge in [0.05, 0.1) is 12.2 Å². The molecule has 7 nitrogen and oxygen atoms in total. The minimum Gasteiger partial charge on any atom is -0.454 e. The summed E-state index contributed by atoms with van der Waals surface area (Å²) in [5, 5.41) is -0.0957. The molecule has 0 aromatic rings. The van der Waals surface area contributed by atoms with Crippen LogP contribution >= 0.6 is 0 Å². The third kappa shape index (κ3) is 7.21. The van der Waals surface area contributed by atoms with Crippen LogP contribution in [-0.4, -0.2) is 66.2 Å². The molecule has 1 rings (SSSR count). The van der Waals surface area contributed by atoms with E-state index in [4.69, 9.17) is 23.1 Å². The number of ether oxygens (including phenoxy) is 3. The maximum atomic E-state index is 12.8. The van der Waals surface area contributed by atoms with Crippen molar-refractivity contribution in [2.24, 2.45) is 5.92 Å². The summed E-state index contributed by atoms with van der Waals surface area (Å²) in [7, 11) is -3.00. The quantitative estimate of drug-likeness (QED) is 0.252. The van der Waals surface area contributed by atoms with Crippen LogP contribution in [0, 0.1) is 5.92 Å². The Kier molecular flexibility index (Phi) is 9.76. The Hall–Kier alpha value is -0.586. The van der Waals surface area contributed by atoms with Gasteiger partial charge in [-0.05, 0) is 57.0 Å².